The predicted octanol–water partition coefficient (Wildman–Crippen LogP) is 2.06. The summed E-state index contributed by atoms with van der Waals surface area (Å²) in [7, 11) is 2.73. The van der Waals surface area contributed by atoms with E-state index in [1.54, 1.807) is 0 Å². The van der Waals surface area contributed by atoms with Crippen LogP contribution in [0.4, 0.5) is 8.78 Å². The molecule has 1 aromatic rings. The van der Waals surface area contributed by atoms with Crippen molar-refractivity contribution >= 4 is 0 Å². The van der Waals surface area contributed by atoms with Crippen molar-refractivity contribution in [2.24, 2.45) is 0 Å². The Kier molecular flexibility index (Phi) is 3.47. The lowest BCUT2D eigenvalue weighted by Crippen LogP contribution is -2.11. The fourth-order valence-corrected chi connectivity index (χ4v) is 2.27. The highest BCUT2D eigenvalue weighted by atomic mass is 19.1. The van der Waals surface area contributed by atoms with Crippen LogP contribution in [0, 0.1) is 11.6 Å². The fourth-order valence-electron chi connectivity index (χ4n) is 2.27. The zero-order valence-corrected chi connectivity index (χ0v) is 9.85. The van der Waals surface area contributed by atoms with Crippen LogP contribution in [0.5, 0.6) is 11.5 Å². The maximum Gasteiger partial charge on any atom is 0.197 e. The Morgan fingerprint density at radius 2 is 1.88 bits per heavy atom. The van der Waals surface area contributed by atoms with E-state index in [1.165, 1.54) is 14.2 Å². The van der Waals surface area contributed by atoms with E-state index in [4.69, 9.17) is 9.47 Å². The van der Waals surface area contributed by atoms with Gasteiger partial charge in [0.25, 0.3) is 0 Å². The van der Waals surface area contributed by atoms with Crippen LogP contribution in [0.3, 0.4) is 0 Å². The molecule has 1 unspecified atom stereocenters. The van der Waals surface area contributed by atoms with Gasteiger partial charge in [-0.05, 0) is 13.0 Å². The second-order valence-electron chi connectivity index (χ2n) is 4.01. The van der Waals surface area contributed by atoms with E-state index in [0.29, 0.717) is 12.1 Å². The molecule has 94 valence electrons. The van der Waals surface area contributed by atoms with Gasteiger partial charge in [-0.3, -0.25) is 0 Å². The van der Waals surface area contributed by atoms with Crippen molar-refractivity contribution in [2.75, 3.05) is 27.3 Å². The molecule has 1 heterocycles. The normalized spacial score (nSPS) is 19.4. The molecular formula is C12H15F2NO2. The minimum Gasteiger partial charge on any atom is -0.492 e. The highest BCUT2D eigenvalue weighted by Crippen LogP contribution is 2.41. The minimum absolute atomic E-state index is 0.000509. The molecule has 0 spiro atoms. The van der Waals surface area contributed by atoms with Gasteiger partial charge in [0.05, 0.1) is 14.2 Å². The molecule has 0 radical (unpaired) electrons. The standard InChI is InChI=1S/C12H15F2NO2/c1-16-11-9(14)5-8(13)10(12(11)17-2)7-3-4-15-6-7/h5,7,15H,3-4,6H2,1-2H3. The molecular weight excluding hydrogens is 228 g/mol. The van der Waals surface area contributed by atoms with Crippen LogP contribution in [-0.4, -0.2) is 27.3 Å². The summed E-state index contributed by atoms with van der Waals surface area (Å²) in [6.45, 7) is 1.50. The Labute approximate surface area is 98.7 Å². The van der Waals surface area contributed by atoms with Crippen LogP contribution in [0.15, 0.2) is 6.07 Å². The molecule has 0 aliphatic carbocycles. The number of benzene rings is 1. The van der Waals surface area contributed by atoms with Gasteiger partial charge in [0.15, 0.2) is 17.3 Å². The molecule has 0 bridgehead atoms. The molecule has 1 fully saturated rings. The van der Waals surface area contributed by atoms with Gasteiger partial charge in [-0.2, -0.15) is 0 Å². The van der Waals surface area contributed by atoms with Crippen molar-refractivity contribution in [1.29, 1.82) is 0 Å². The smallest absolute Gasteiger partial charge is 0.197 e. The first kappa shape index (κ1) is 12.1. The second kappa shape index (κ2) is 4.87. The van der Waals surface area contributed by atoms with Gasteiger partial charge >= 0.3 is 0 Å². The first-order valence-corrected chi connectivity index (χ1v) is 5.49. The fraction of sp³-hybridized carbons (Fsp3) is 0.500. The van der Waals surface area contributed by atoms with E-state index in [-0.39, 0.29) is 17.4 Å². The lowest BCUT2D eigenvalue weighted by atomic mass is 9.96. The molecule has 3 nitrogen and oxygen atoms in total. The van der Waals surface area contributed by atoms with Crippen LogP contribution in [0.1, 0.15) is 17.9 Å². The maximum atomic E-state index is 13.9. The number of hydrogen-bond donors (Lipinski definition) is 1. The number of hydrogen-bond acceptors (Lipinski definition) is 3. The third-order valence-electron chi connectivity index (χ3n) is 3.06. The van der Waals surface area contributed by atoms with Crippen molar-refractivity contribution in [3.05, 3.63) is 23.3 Å². The summed E-state index contributed by atoms with van der Waals surface area (Å²) in [6.07, 6.45) is 0.808. The maximum absolute atomic E-state index is 13.9. The Balaban J connectivity index is 2.55. The van der Waals surface area contributed by atoms with E-state index >= 15 is 0 Å². The molecule has 1 N–H and O–H groups in total. The average molecular weight is 243 g/mol. The van der Waals surface area contributed by atoms with E-state index in [1.807, 2.05) is 0 Å². The SMILES string of the molecule is COc1c(F)cc(F)c(C2CCNC2)c1OC. The quantitative estimate of drug-likeness (QED) is 0.881. The molecule has 1 aliphatic rings. The van der Waals surface area contributed by atoms with Crippen LogP contribution >= 0.6 is 0 Å². The van der Waals surface area contributed by atoms with Gasteiger partial charge in [0.2, 0.25) is 0 Å². The van der Waals surface area contributed by atoms with Gasteiger partial charge in [-0.25, -0.2) is 8.78 Å². The van der Waals surface area contributed by atoms with Crippen molar-refractivity contribution in [1.82, 2.24) is 5.32 Å². The van der Waals surface area contributed by atoms with Gasteiger partial charge in [-0.1, -0.05) is 0 Å². The first-order valence-electron chi connectivity index (χ1n) is 5.49. The average Bonchev–Trinajstić information content (AvgIpc) is 2.81. The molecule has 1 saturated heterocycles. The third kappa shape index (κ3) is 2.07. The highest BCUT2D eigenvalue weighted by Gasteiger charge is 2.28. The zero-order chi connectivity index (χ0) is 12.4. The summed E-state index contributed by atoms with van der Waals surface area (Å²) >= 11 is 0. The van der Waals surface area contributed by atoms with Gasteiger partial charge < -0.3 is 14.8 Å². The Morgan fingerprint density at radius 1 is 1.18 bits per heavy atom. The molecule has 5 heteroatoms. The van der Waals surface area contributed by atoms with Gasteiger partial charge in [-0.15, -0.1) is 0 Å². The minimum atomic E-state index is -0.739. The second-order valence-corrected chi connectivity index (χ2v) is 4.01. The summed E-state index contributed by atoms with van der Waals surface area (Å²) in [5.41, 5.74) is 0.399. The van der Waals surface area contributed by atoms with Crippen LogP contribution in [0.2, 0.25) is 0 Å². The number of methoxy groups -OCH3 is 2. The third-order valence-corrected chi connectivity index (χ3v) is 3.06. The summed E-state index contributed by atoms with van der Waals surface area (Å²) < 4.78 is 37.4. The van der Waals surface area contributed by atoms with Crippen LogP contribution < -0.4 is 14.8 Å². The topological polar surface area (TPSA) is 30.5 Å². The molecule has 17 heavy (non-hydrogen) atoms. The van der Waals surface area contributed by atoms with Crippen molar-refractivity contribution in [2.45, 2.75) is 12.3 Å². The molecule has 2 rings (SSSR count). The number of rotatable bonds is 3. The summed E-state index contributed by atoms with van der Waals surface area (Å²) in [5.74, 6) is -1.18. The van der Waals surface area contributed by atoms with Crippen LogP contribution in [-0.2, 0) is 0 Å². The largest absolute Gasteiger partial charge is 0.492 e. The molecule has 0 aromatic heterocycles. The lowest BCUT2D eigenvalue weighted by Gasteiger charge is -2.18. The highest BCUT2D eigenvalue weighted by molar-refractivity contribution is 5.50. The number of nitrogens with one attached hydrogen (secondary N) is 1. The van der Waals surface area contributed by atoms with Crippen molar-refractivity contribution in [3.8, 4) is 11.5 Å². The monoisotopic (exact) mass is 243 g/mol. The predicted molar refractivity (Wildman–Crippen MR) is 59.7 cm³/mol. The summed E-state index contributed by atoms with van der Waals surface area (Å²) in [5, 5.41) is 3.14. The van der Waals surface area contributed by atoms with Crippen molar-refractivity contribution in [3.63, 3.8) is 0 Å². The van der Waals surface area contributed by atoms with E-state index in [2.05, 4.69) is 5.32 Å². The Hall–Kier alpha value is -1.36. The Morgan fingerprint density at radius 3 is 2.41 bits per heavy atom. The Bertz CT molecular complexity index is 417. The molecule has 1 aliphatic heterocycles. The number of halogens is 2. The first-order chi connectivity index (χ1) is 8.19. The molecule has 0 saturated carbocycles. The van der Waals surface area contributed by atoms with E-state index in [0.717, 1.165) is 19.0 Å². The van der Waals surface area contributed by atoms with Crippen molar-refractivity contribution < 1.29 is 18.3 Å². The zero-order valence-electron chi connectivity index (χ0n) is 9.85. The summed E-state index contributed by atoms with van der Waals surface area (Å²) in [6, 6.07) is 0.856. The van der Waals surface area contributed by atoms with Gasteiger partial charge in [0, 0.05) is 24.1 Å². The summed E-state index contributed by atoms with van der Waals surface area (Å²) in [4.78, 5) is 0. The van der Waals surface area contributed by atoms with E-state index < -0.39 is 11.6 Å². The molecule has 0 amide bonds. The molecule has 1 aromatic carbocycles. The van der Waals surface area contributed by atoms with Crippen LogP contribution in [0.25, 0.3) is 0 Å². The lowest BCUT2D eigenvalue weighted by molar-refractivity contribution is 0.328. The molecule has 1 atom stereocenters. The van der Waals surface area contributed by atoms with Gasteiger partial charge in [0.1, 0.15) is 5.82 Å². The number of ether oxygens (including phenoxy) is 2. The van der Waals surface area contributed by atoms with E-state index in [9.17, 15) is 8.78 Å².